The summed E-state index contributed by atoms with van der Waals surface area (Å²) in [6, 6.07) is 9.39. The van der Waals surface area contributed by atoms with E-state index >= 15 is 0 Å². The molecule has 0 fully saturated rings. The maximum atomic E-state index is 9.51. The van der Waals surface area contributed by atoms with Crippen LogP contribution >= 0.6 is 0 Å². The first kappa shape index (κ1) is 9.58. The molecule has 0 aliphatic heterocycles. The summed E-state index contributed by atoms with van der Waals surface area (Å²) in [5.41, 5.74) is 0.946. The summed E-state index contributed by atoms with van der Waals surface area (Å²) in [4.78, 5) is 13.8. The quantitative estimate of drug-likeness (QED) is 0.534. The fraction of sp³-hybridized carbons (Fsp3) is 0.143. The van der Waals surface area contributed by atoms with E-state index in [-0.39, 0.29) is 12.8 Å². The zero-order valence-electron chi connectivity index (χ0n) is 6.06. The molecule has 3 N–H and O–H groups in total. The molecule has 0 aliphatic rings. The Balaban J connectivity index is 0.000001000. The third-order valence-electron chi connectivity index (χ3n) is 1.13. The van der Waals surface area contributed by atoms with Gasteiger partial charge >= 0.3 is 0 Å². The highest BCUT2D eigenvalue weighted by Crippen LogP contribution is 1.99. The molecule has 60 valence electrons. The van der Waals surface area contributed by atoms with Crippen LogP contribution in [0.25, 0.3) is 0 Å². The van der Waals surface area contributed by atoms with Crippen LogP contribution < -0.4 is 6.15 Å². The Morgan fingerprint density at radius 2 is 1.91 bits per heavy atom. The summed E-state index contributed by atoms with van der Waals surface area (Å²) in [6.07, 6.45) is 0. The molecule has 0 amide bonds. The summed E-state index contributed by atoms with van der Waals surface area (Å²) in [5, 5.41) is 2.28. The lowest BCUT2D eigenvalue weighted by Crippen LogP contribution is -1.83. The van der Waals surface area contributed by atoms with E-state index < -0.39 is 0 Å². The van der Waals surface area contributed by atoms with Crippen molar-refractivity contribution in [2.75, 3.05) is 0 Å². The average Bonchev–Trinajstić information content (AvgIpc) is 2.03. The van der Waals surface area contributed by atoms with Crippen LogP contribution in [0.3, 0.4) is 0 Å². The van der Waals surface area contributed by atoms with Crippen LogP contribution in [-0.2, 0) is 11.4 Å². The van der Waals surface area contributed by atoms with Crippen molar-refractivity contribution in [2.24, 2.45) is 5.34 Å². The van der Waals surface area contributed by atoms with Gasteiger partial charge in [-0.3, -0.25) is 0 Å². The van der Waals surface area contributed by atoms with E-state index in [2.05, 4.69) is 10.2 Å². The first-order valence-electron chi connectivity index (χ1n) is 2.92. The minimum absolute atomic E-state index is 0. The van der Waals surface area contributed by atoms with E-state index in [9.17, 15) is 4.91 Å². The van der Waals surface area contributed by atoms with Crippen molar-refractivity contribution in [1.29, 1.82) is 0 Å². The predicted molar refractivity (Wildman–Crippen MR) is 42.0 cm³/mol. The van der Waals surface area contributed by atoms with Crippen molar-refractivity contribution in [1.82, 2.24) is 6.15 Å². The molecule has 0 atom stereocenters. The van der Waals surface area contributed by atoms with Gasteiger partial charge in [0, 0.05) is 0 Å². The van der Waals surface area contributed by atoms with E-state index in [1.807, 2.05) is 30.3 Å². The molecule has 0 saturated heterocycles. The lowest BCUT2D eigenvalue weighted by Gasteiger charge is -1.93. The van der Waals surface area contributed by atoms with Crippen LogP contribution in [0, 0.1) is 4.91 Å². The SMILES string of the molecule is N.O=NOCc1ccccc1. The van der Waals surface area contributed by atoms with E-state index in [1.54, 1.807) is 0 Å². The highest BCUT2D eigenvalue weighted by atomic mass is 16.7. The van der Waals surface area contributed by atoms with Gasteiger partial charge < -0.3 is 11.0 Å². The Kier molecular flexibility index (Phi) is 4.68. The summed E-state index contributed by atoms with van der Waals surface area (Å²) in [5.74, 6) is 0. The first-order chi connectivity index (χ1) is 4.93. The Morgan fingerprint density at radius 3 is 2.45 bits per heavy atom. The van der Waals surface area contributed by atoms with Gasteiger partial charge in [-0.2, -0.15) is 0 Å². The van der Waals surface area contributed by atoms with Gasteiger partial charge in [-0.25, -0.2) is 0 Å². The van der Waals surface area contributed by atoms with Crippen LogP contribution in [0.2, 0.25) is 0 Å². The topological polar surface area (TPSA) is 73.7 Å². The van der Waals surface area contributed by atoms with Crippen LogP contribution in [-0.4, -0.2) is 0 Å². The number of hydrogen-bond donors (Lipinski definition) is 1. The normalized spacial score (nSPS) is 8.00. The number of hydrogen-bond acceptors (Lipinski definition) is 4. The molecular weight excluding hydrogens is 144 g/mol. The van der Waals surface area contributed by atoms with Gasteiger partial charge in [-0.05, 0) is 5.56 Å². The molecule has 1 aromatic carbocycles. The monoisotopic (exact) mass is 154 g/mol. The maximum Gasteiger partial charge on any atom is 0.155 e. The maximum absolute atomic E-state index is 9.51. The van der Waals surface area contributed by atoms with E-state index in [0.29, 0.717) is 0 Å². The standard InChI is InChI=1S/C7H7NO2.H3N/c9-8-10-6-7-4-2-1-3-5-7;/h1-5H,6H2;1H3. The molecule has 0 spiro atoms. The zero-order chi connectivity index (χ0) is 7.23. The van der Waals surface area contributed by atoms with Crippen molar-refractivity contribution in [3.8, 4) is 0 Å². The molecule has 0 aromatic heterocycles. The third kappa shape index (κ3) is 3.32. The highest BCUT2D eigenvalue weighted by Gasteiger charge is 1.88. The molecule has 0 aliphatic carbocycles. The molecule has 0 heterocycles. The van der Waals surface area contributed by atoms with Crippen molar-refractivity contribution in [3.05, 3.63) is 40.8 Å². The van der Waals surface area contributed by atoms with Crippen molar-refractivity contribution < 1.29 is 4.84 Å². The fourth-order valence-electron chi connectivity index (χ4n) is 0.675. The van der Waals surface area contributed by atoms with Gasteiger partial charge in [-0.15, -0.1) is 4.91 Å². The smallest absolute Gasteiger partial charge is 0.155 e. The fourth-order valence-corrected chi connectivity index (χ4v) is 0.675. The van der Waals surface area contributed by atoms with E-state index in [0.717, 1.165) is 5.56 Å². The van der Waals surface area contributed by atoms with Gasteiger partial charge in [0.15, 0.2) is 5.34 Å². The number of benzene rings is 1. The van der Waals surface area contributed by atoms with E-state index in [4.69, 9.17) is 0 Å². The highest BCUT2D eigenvalue weighted by molar-refractivity contribution is 5.13. The lowest BCUT2D eigenvalue weighted by molar-refractivity contribution is 0.126. The van der Waals surface area contributed by atoms with Crippen molar-refractivity contribution in [3.63, 3.8) is 0 Å². The number of nitrogens with zero attached hydrogens (tertiary/aromatic N) is 1. The summed E-state index contributed by atoms with van der Waals surface area (Å²) in [6.45, 7) is 0.254. The average molecular weight is 154 g/mol. The first-order valence-corrected chi connectivity index (χ1v) is 2.92. The van der Waals surface area contributed by atoms with Crippen molar-refractivity contribution >= 4 is 0 Å². The minimum Gasteiger partial charge on any atom is -0.359 e. The van der Waals surface area contributed by atoms with Gasteiger partial charge in [0.2, 0.25) is 0 Å². The molecule has 11 heavy (non-hydrogen) atoms. The molecule has 1 rings (SSSR count). The third-order valence-corrected chi connectivity index (χ3v) is 1.13. The van der Waals surface area contributed by atoms with Gasteiger partial charge in [0.05, 0.1) is 0 Å². The minimum atomic E-state index is 0. The van der Waals surface area contributed by atoms with Crippen LogP contribution in [0.15, 0.2) is 35.7 Å². The second-order valence-electron chi connectivity index (χ2n) is 1.83. The van der Waals surface area contributed by atoms with Crippen LogP contribution in [0.5, 0.6) is 0 Å². The molecular formula is C7H10N2O2. The second-order valence-corrected chi connectivity index (χ2v) is 1.83. The molecule has 0 radical (unpaired) electrons. The lowest BCUT2D eigenvalue weighted by atomic mass is 10.2. The van der Waals surface area contributed by atoms with Crippen molar-refractivity contribution in [2.45, 2.75) is 6.61 Å². The Hall–Kier alpha value is -1.42. The van der Waals surface area contributed by atoms with Crippen LogP contribution in [0.1, 0.15) is 5.56 Å². The number of rotatable bonds is 3. The van der Waals surface area contributed by atoms with Gasteiger partial charge in [-0.1, -0.05) is 30.3 Å². The molecule has 4 heteroatoms. The van der Waals surface area contributed by atoms with E-state index in [1.165, 1.54) is 0 Å². The Bertz CT molecular complexity index is 201. The summed E-state index contributed by atoms with van der Waals surface area (Å²) in [7, 11) is 0. The largest absolute Gasteiger partial charge is 0.359 e. The second kappa shape index (κ2) is 5.37. The zero-order valence-corrected chi connectivity index (χ0v) is 6.06. The Morgan fingerprint density at radius 1 is 1.27 bits per heavy atom. The molecule has 0 bridgehead atoms. The van der Waals surface area contributed by atoms with Crippen LogP contribution in [0.4, 0.5) is 0 Å². The predicted octanol–water partition coefficient (Wildman–Crippen LogP) is 2.05. The van der Waals surface area contributed by atoms with Gasteiger partial charge in [0.25, 0.3) is 0 Å². The molecule has 4 nitrogen and oxygen atoms in total. The Labute approximate surface area is 64.7 Å². The summed E-state index contributed by atoms with van der Waals surface area (Å²) < 4.78 is 0. The van der Waals surface area contributed by atoms with Gasteiger partial charge in [0.1, 0.15) is 6.61 Å². The summed E-state index contributed by atoms with van der Waals surface area (Å²) >= 11 is 0. The molecule has 1 aromatic rings. The molecule has 0 saturated carbocycles. The molecule has 0 unspecified atom stereocenters.